The first kappa shape index (κ1) is 37.5. The number of anilines is 2. The number of benzene rings is 7. The minimum atomic E-state index is -0.0268. The van der Waals surface area contributed by atoms with Crippen molar-refractivity contribution < 1.29 is 30.4 Å². The van der Waals surface area contributed by atoms with Crippen LogP contribution in [0.5, 0.6) is 11.5 Å². The minimum Gasteiger partial charge on any atom is -0.510 e. The van der Waals surface area contributed by atoms with E-state index < -0.39 is 0 Å². The fraction of sp³-hybridized carbons (Fsp3) is 0.0943. The molecule has 0 radical (unpaired) electrons. The van der Waals surface area contributed by atoms with E-state index in [0.717, 1.165) is 72.5 Å². The van der Waals surface area contributed by atoms with E-state index in [2.05, 4.69) is 204 Å². The predicted octanol–water partition coefficient (Wildman–Crippen LogP) is 13.0. The molecule has 7 aromatic carbocycles. The molecule has 0 unspecified atom stereocenters. The molecule has 11 rings (SSSR count). The Kier molecular flexibility index (Phi) is 9.07. The van der Waals surface area contributed by atoms with Gasteiger partial charge in [-0.1, -0.05) is 129 Å². The Morgan fingerprint density at radius 3 is 2.00 bits per heavy atom. The largest absolute Gasteiger partial charge is 0.510 e. The zero-order valence-corrected chi connectivity index (χ0v) is 35.8. The van der Waals surface area contributed by atoms with Crippen molar-refractivity contribution >= 4 is 67.0 Å². The van der Waals surface area contributed by atoms with Crippen molar-refractivity contribution in [3.63, 3.8) is 0 Å². The summed E-state index contributed by atoms with van der Waals surface area (Å²) < 4.78 is 13.4. The maximum atomic E-state index is 6.67. The smallest absolute Gasteiger partial charge is 0.243 e. The molecular formula is C53H39N5OPt-2. The first-order valence-corrected chi connectivity index (χ1v) is 20.0. The Balaban J connectivity index is 0.00000433. The molecule has 294 valence electrons. The van der Waals surface area contributed by atoms with Gasteiger partial charge in [-0.25, -0.2) is 4.98 Å². The van der Waals surface area contributed by atoms with Crippen LogP contribution in [-0.4, -0.2) is 32.1 Å². The van der Waals surface area contributed by atoms with Gasteiger partial charge in [0.15, 0.2) is 0 Å². The molecule has 0 atom stereocenters. The van der Waals surface area contributed by atoms with Gasteiger partial charge >= 0.3 is 0 Å². The number of rotatable bonds is 4. The Morgan fingerprint density at radius 1 is 0.583 bits per heavy atom. The standard InChI is InChI=1S/C53H39N5O.Pt/c1-53(2,3)35-29-30-54-51(31-35)57-46-23-10-6-19-41(46)43-28-27-38(33-50(43)57)59-37-16-13-15-36(32-37)56-34-55(4)49-26-14-21-44-42-20-8-12-25-48(42)58(52(44)49)47-24-11-7-18-40(47)39-17-5-9-22-45(39)56;/h5-31H,1-4H3;/q-2;. The average Bonchev–Trinajstić information content (AvgIpc) is 3.78. The number of hydrogen-bond acceptors (Lipinski definition) is 3. The molecule has 0 N–H and O–H groups in total. The zero-order valence-electron chi connectivity index (χ0n) is 33.5. The Bertz CT molecular complexity index is 3330. The second-order valence-electron chi connectivity index (χ2n) is 16.1. The maximum Gasteiger partial charge on any atom is 0.243 e. The van der Waals surface area contributed by atoms with Crippen LogP contribution >= 0.6 is 0 Å². The van der Waals surface area contributed by atoms with E-state index in [1.54, 1.807) is 0 Å². The number of hydrogen-bond donors (Lipinski definition) is 0. The van der Waals surface area contributed by atoms with Crippen molar-refractivity contribution in [1.29, 1.82) is 0 Å². The second-order valence-corrected chi connectivity index (χ2v) is 16.1. The van der Waals surface area contributed by atoms with Crippen LogP contribution in [0.25, 0.3) is 66.2 Å². The molecule has 10 aromatic rings. The molecule has 3 aromatic heterocycles. The van der Waals surface area contributed by atoms with Gasteiger partial charge in [-0.3, -0.25) is 0 Å². The van der Waals surface area contributed by atoms with Crippen molar-refractivity contribution in [3.05, 3.63) is 182 Å². The van der Waals surface area contributed by atoms with Crippen LogP contribution < -0.4 is 9.64 Å². The Hall–Kier alpha value is -6.75. The van der Waals surface area contributed by atoms with E-state index in [1.165, 1.54) is 16.3 Å². The van der Waals surface area contributed by atoms with E-state index in [9.17, 15) is 0 Å². The summed E-state index contributed by atoms with van der Waals surface area (Å²) in [4.78, 5) is 6.94. The van der Waals surface area contributed by atoms with Gasteiger partial charge in [-0.05, 0) is 52.3 Å². The van der Waals surface area contributed by atoms with Crippen LogP contribution in [0.1, 0.15) is 26.3 Å². The van der Waals surface area contributed by atoms with E-state index in [1.807, 2.05) is 24.4 Å². The molecule has 0 bridgehead atoms. The quantitative estimate of drug-likeness (QED) is 0.130. The number of aromatic nitrogens is 3. The third-order valence-electron chi connectivity index (χ3n) is 11.5. The van der Waals surface area contributed by atoms with Gasteiger partial charge in [0.2, 0.25) is 6.34 Å². The number of pyridine rings is 1. The van der Waals surface area contributed by atoms with Crippen molar-refractivity contribution in [2.75, 3.05) is 11.9 Å². The first-order chi connectivity index (χ1) is 28.8. The molecule has 7 heteroatoms. The van der Waals surface area contributed by atoms with Gasteiger partial charge < -0.3 is 23.3 Å². The van der Waals surface area contributed by atoms with Crippen LogP contribution in [0.15, 0.2) is 164 Å². The van der Waals surface area contributed by atoms with Gasteiger partial charge in [0.1, 0.15) is 5.82 Å². The summed E-state index contributed by atoms with van der Waals surface area (Å²) in [5.74, 6) is 2.00. The molecule has 60 heavy (non-hydrogen) atoms. The van der Waals surface area contributed by atoms with Crippen LogP contribution in [0, 0.1) is 12.1 Å². The SMILES string of the molecule is C[N+]1=[C-]N(c2[c-]c(Oc3[c-]c4c(cc3)c3ccccc3n4-c3cc(C(C)(C)C)ccn3)ccc2)c2ccccc2-c2ccccc2-n2c3ccccc3c3cccc1c32.[Pt]. The summed E-state index contributed by atoms with van der Waals surface area (Å²) in [6.07, 6.45) is 5.65. The third kappa shape index (κ3) is 6.05. The molecule has 0 amide bonds. The normalized spacial score (nSPS) is 12.6. The molecular weight excluding hydrogens is 918 g/mol. The van der Waals surface area contributed by atoms with Crippen molar-refractivity contribution in [1.82, 2.24) is 14.1 Å². The third-order valence-corrected chi connectivity index (χ3v) is 11.5. The summed E-state index contributed by atoms with van der Waals surface area (Å²) in [6, 6.07) is 62.4. The van der Waals surface area contributed by atoms with Crippen molar-refractivity contribution in [2.45, 2.75) is 26.2 Å². The van der Waals surface area contributed by atoms with Crippen LogP contribution in [-0.2, 0) is 26.5 Å². The minimum absolute atomic E-state index is 0. The van der Waals surface area contributed by atoms with Crippen LogP contribution in [0.4, 0.5) is 17.1 Å². The number of ether oxygens (including phenoxy) is 1. The van der Waals surface area contributed by atoms with Gasteiger partial charge in [-0.2, -0.15) is 18.2 Å². The molecule has 0 spiro atoms. The van der Waals surface area contributed by atoms with Gasteiger partial charge in [-0.15, -0.1) is 29.7 Å². The second kappa shape index (κ2) is 14.5. The first-order valence-electron chi connectivity index (χ1n) is 20.0. The van der Waals surface area contributed by atoms with Gasteiger partial charge in [0.25, 0.3) is 0 Å². The van der Waals surface area contributed by atoms with Gasteiger partial charge in [0, 0.05) is 60.6 Å². The maximum absolute atomic E-state index is 6.67. The van der Waals surface area contributed by atoms with Crippen LogP contribution in [0.3, 0.4) is 0 Å². The molecule has 1 aliphatic heterocycles. The number of fused-ring (bicyclic) bond motifs is 10. The molecule has 0 saturated carbocycles. The molecule has 0 fully saturated rings. The summed E-state index contributed by atoms with van der Waals surface area (Å²) in [5, 5.41) is 4.62. The molecule has 0 aliphatic carbocycles. The Morgan fingerprint density at radius 2 is 1.22 bits per heavy atom. The topological polar surface area (TPSA) is 38.2 Å². The fourth-order valence-corrected chi connectivity index (χ4v) is 8.68. The Labute approximate surface area is 363 Å². The number of nitrogens with zero attached hydrogens (tertiary/aromatic N) is 5. The molecule has 6 nitrogen and oxygen atoms in total. The van der Waals surface area contributed by atoms with Crippen molar-refractivity contribution in [3.8, 4) is 34.1 Å². The van der Waals surface area contributed by atoms with Crippen molar-refractivity contribution in [2.24, 2.45) is 0 Å². The van der Waals surface area contributed by atoms with Gasteiger partial charge in [0.05, 0.1) is 35.1 Å². The predicted molar refractivity (Wildman–Crippen MR) is 241 cm³/mol. The summed E-state index contributed by atoms with van der Waals surface area (Å²) in [7, 11) is 2.07. The van der Waals surface area contributed by atoms with E-state index >= 15 is 0 Å². The van der Waals surface area contributed by atoms with E-state index in [-0.39, 0.29) is 26.5 Å². The molecule has 1 aliphatic rings. The number of para-hydroxylation sites is 5. The molecule has 4 heterocycles. The summed E-state index contributed by atoms with van der Waals surface area (Å²) in [5.41, 5.74) is 11.5. The molecule has 0 saturated heterocycles. The van der Waals surface area contributed by atoms with E-state index in [0.29, 0.717) is 11.5 Å². The monoisotopic (exact) mass is 956 g/mol. The summed E-state index contributed by atoms with van der Waals surface area (Å²) >= 11 is 0. The zero-order chi connectivity index (χ0) is 39.8. The average molecular weight is 957 g/mol. The van der Waals surface area contributed by atoms with E-state index in [4.69, 9.17) is 9.72 Å². The summed E-state index contributed by atoms with van der Waals surface area (Å²) in [6.45, 7) is 6.67. The van der Waals surface area contributed by atoms with Crippen LogP contribution in [0.2, 0.25) is 0 Å². The fourth-order valence-electron chi connectivity index (χ4n) is 8.68.